The maximum absolute atomic E-state index is 12.0. The van der Waals surface area contributed by atoms with E-state index in [2.05, 4.69) is 11.3 Å². The number of para-hydroxylation sites is 1. The average molecular weight is 289 g/mol. The van der Waals surface area contributed by atoms with E-state index in [9.17, 15) is 8.42 Å². The van der Waals surface area contributed by atoms with Crippen molar-refractivity contribution in [3.05, 3.63) is 66.7 Å². The molecule has 2 rings (SSSR count). The van der Waals surface area contributed by atoms with E-state index in [0.29, 0.717) is 5.75 Å². The van der Waals surface area contributed by atoms with Crippen LogP contribution in [0.25, 0.3) is 6.08 Å². The molecule has 0 saturated carbocycles. The SMILES string of the molecule is C=Cc1ccc(S(=O)(=O)NCOc2ccccc2)cc1. The summed E-state index contributed by atoms with van der Waals surface area (Å²) in [4.78, 5) is 0.194. The molecule has 0 atom stereocenters. The molecule has 2 aromatic rings. The van der Waals surface area contributed by atoms with Crippen molar-refractivity contribution in [2.45, 2.75) is 4.90 Å². The molecule has 0 amide bonds. The van der Waals surface area contributed by atoms with Crippen LogP contribution in [-0.2, 0) is 10.0 Å². The van der Waals surface area contributed by atoms with E-state index < -0.39 is 10.0 Å². The second-order valence-electron chi connectivity index (χ2n) is 4.02. The van der Waals surface area contributed by atoms with Crippen LogP contribution in [0.15, 0.2) is 66.1 Å². The van der Waals surface area contributed by atoms with Gasteiger partial charge in [0.1, 0.15) is 5.75 Å². The summed E-state index contributed by atoms with van der Waals surface area (Å²) in [5.41, 5.74) is 0.865. The molecule has 2 aromatic carbocycles. The maximum atomic E-state index is 12.0. The molecular formula is C15H15NO3S. The fraction of sp³-hybridized carbons (Fsp3) is 0.0667. The molecule has 0 aliphatic carbocycles. The lowest BCUT2D eigenvalue weighted by atomic mass is 10.2. The minimum Gasteiger partial charge on any atom is -0.477 e. The van der Waals surface area contributed by atoms with Gasteiger partial charge in [0.15, 0.2) is 6.73 Å². The van der Waals surface area contributed by atoms with Gasteiger partial charge in [0.05, 0.1) is 4.90 Å². The molecule has 0 spiro atoms. The van der Waals surface area contributed by atoms with Gasteiger partial charge < -0.3 is 4.74 Å². The van der Waals surface area contributed by atoms with Crippen LogP contribution in [0.2, 0.25) is 0 Å². The Kier molecular flexibility index (Phi) is 4.55. The number of rotatable bonds is 6. The highest BCUT2D eigenvalue weighted by molar-refractivity contribution is 7.89. The Morgan fingerprint density at radius 1 is 1.05 bits per heavy atom. The zero-order valence-electron chi connectivity index (χ0n) is 10.8. The zero-order chi connectivity index (χ0) is 14.4. The van der Waals surface area contributed by atoms with E-state index in [1.165, 1.54) is 12.1 Å². The van der Waals surface area contributed by atoms with Crippen molar-refractivity contribution in [2.75, 3.05) is 6.73 Å². The van der Waals surface area contributed by atoms with Crippen molar-refractivity contribution in [3.8, 4) is 5.75 Å². The van der Waals surface area contributed by atoms with Gasteiger partial charge in [0.25, 0.3) is 0 Å². The van der Waals surface area contributed by atoms with E-state index in [4.69, 9.17) is 4.74 Å². The lowest BCUT2D eigenvalue weighted by molar-refractivity contribution is 0.311. The van der Waals surface area contributed by atoms with Crippen LogP contribution in [0.1, 0.15) is 5.56 Å². The van der Waals surface area contributed by atoms with Crippen molar-refractivity contribution in [3.63, 3.8) is 0 Å². The van der Waals surface area contributed by atoms with Crippen LogP contribution in [0.3, 0.4) is 0 Å². The monoisotopic (exact) mass is 289 g/mol. The summed E-state index contributed by atoms with van der Waals surface area (Å²) in [6, 6.07) is 15.5. The molecule has 0 bridgehead atoms. The summed E-state index contributed by atoms with van der Waals surface area (Å²) in [7, 11) is -3.56. The molecule has 0 aliphatic rings. The summed E-state index contributed by atoms with van der Waals surface area (Å²) in [6.45, 7) is 3.51. The minimum absolute atomic E-state index is 0.116. The third-order valence-corrected chi connectivity index (χ3v) is 4.05. The molecular weight excluding hydrogens is 274 g/mol. The number of nitrogens with one attached hydrogen (secondary N) is 1. The van der Waals surface area contributed by atoms with Gasteiger partial charge in [0, 0.05) is 0 Å². The zero-order valence-corrected chi connectivity index (χ0v) is 11.6. The fourth-order valence-electron chi connectivity index (χ4n) is 1.57. The van der Waals surface area contributed by atoms with Gasteiger partial charge in [0.2, 0.25) is 10.0 Å². The second kappa shape index (κ2) is 6.36. The van der Waals surface area contributed by atoms with Gasteiger partial charge in [-0.1, -0.05) is 43.0 Å². The van der Waals surface area contributed by atoms with Crippen molar-refractivity contribution < 1.29 is 13.2 Å². The molecule has 4 nitrogen and oxygen atoms in total. The van der Waals surface area contributed by atoms with E-state index in [1.54, 1.807) is 30.3 Å². The smallest absolute Gasteiger partial charge is 0.243 e. The van der Waals surface area contributed by atoms with Crippen LogP contribution in [0.5, 0.6) is 5.75 Å². The van der Waals surface area contributed by atoms with Crippen LogP contribution in [0, 0.1) is 0 Å². The highest BCUT2D eigenvalue weighted by Gasteiger charge is 2.13. The summed E-state index contributed by atoms with van der Waals surface area (Å²) in [5.74, 6) is 0.609. The van der Waals surface area contributed by atoms with Crippen molar-refractivity contribution in [2.24, 2.45) is 0 Å². The Balaban J connectivity index is 1.98. The molecule has 0 radical (unpaired) electrons. The van der Waals surface area contributed by atoms with Crippen LogP contribution in [-0.4, -0.2) is 15.1 Å². The average Bonchev–Trinajstić information content (AvgIpc) is 2.48. The summed E-state index contributed by atoms with van der Waals surface area (Å²) in [5, 5.41) is 0. The van der Waals surface area contributed by atoms with Gasteiger partial charge in [-0.25, -0.2) is 8.42 Å². The van der Waals surface area contributed by atoms with Gasteiger partial charge in [-0.05, 0) is 29.8 Å². The number of hydrogen-bond acceptors (Lipinski definition) is 3. The molecule has 1 N–H and O–H groups in total. The van der Waals surface area contributed by atoms with E-state index in [1.807, 2.05) is 18.2 Å². The number of ether oxygens (including phenoxy) is 1. The Hall–Kier alpha value is -2.11. The normalized spacial score (nSPS) is 11.0. The first-order chi connectivity index (χ1) is 9.62. The maximum Gasteiger partial charge on any atom is 0.243 e. The molecule has 0 aliphatic heterocycles. The van der Waals surface area contributed by atoms with Gasteiger partial charge in [-0.3, -0.25) is 0 Å². The van der Waals surface area contributed by atoms with Crippen molar-refractivity contribution in [1.82, 2.24) is 4.72 Å². The Bertz CT molecular complexity index is 664. The highest BCUT2D eigenvalue weighted by atomic mass is 32.2. The van der Waals surface area contributed by atoms with Gasteiger partial charge in [-0.2, -0.15) is 4.72 Å². The first-order valence-corrected chi connectivity index (χ1v) is 7.50. The molecule has 0 fully saturated rings. The molecule has 0 saturated heterocycles. The van der Waals surface area contributed by atoms with E-state index in [-0.39, 0.29) is 11.6 Å². The lowest BCUT2D eigenvalue weighted by Gasteiger charge is -2.09. The summed E-state index contributed by atoms with van der Waals surface area (Å²) in [6.07, 6.45) is 1.66. The Labute approximate surface area is 118 Å². The van der Waals surface area contributed by atoms with Gasteiger partial charge >= 0.3 is 0 Å². The molecule has 20 heavy (non-hydrogen) atoms. The minimum atomic E-state index is -3.56. The van der Waals surface area contributed by atoms with Crippen molar-refractivity contribution in [1.29, 1.82) is 0 Å². The molecule has 104 valence electrons. The Morgan fingerprint density at radius 3 is 2.30 bits per heavy atom. The topological polar surface area (TPSA) is 55.4 Å². The third kappa shape index (κ3) is 3.69. The molecule has 5 heteroatoms. The fourth-order valence-corrected chi connectivity index (χ4v) is 2.45. The number of hydrogen-bond donors (Lipinski definition) is 1. The van der Waals surface area contributed by atoms with Crippen LogP contribution >= 0.6 is 0 Å². The highest BCUT2D eigenvalue weighted by Crippen LogP contribution is 2.12. The van der Waals surface area contributed by atoms with Crippen LogP contribution in [0.4, 0.5) is 0 Å². The first-order valence-electron chi connectivity index (χ1n) is 6.02. The number of benzene rings is 2. The molecule has 0 aromatic heterocycles. The first kappa shape index (κ1) is 14.3. The molecule has 0 unspecified atom stereocenters. The standard InChI is InChI=1S/C15H15NO3S/c1-2-13-8-10-15(11-9-13)20(17,18)16-12-19-14-6-4-3-5-7-14/h2-11,16H,1,12H2. The summed E-state index contributed by atoms with van der Waals surface area (Å²) >= 11 is 0. The predicted molar refractivity (Wildman–Crippen MR) is 78.8 cm³/mol. The number of sulfonamides is 1. The predicted octanol–water partition coefficient (Wildman–Crippen LogP) is 2.64. The summed E-state index contributed by atoms with van der Waals surface area (Å²) < 4.78 is 31.7. The molecule has 0 heterocycles. The second-order valence-corrected chi connectivity index (χ2v) is 5.79. The van der Waals surface area contributed by atoms with Crippen molar-refractivity contribution >= 4 is 16.1 Å². The quantitative estimate of drug-likeness (QED) is 0.832. The van der Waals surface area contributed by atoms with Crippen LogP contribution < -0.4 is 9.46 Å². The third-order valence-electron chi connectivity index (χ3n) is 2.66. The largest absolute Gasteiger partial charge is 0.477 e. The van der Waals surface area contributed by atoms with Gasteiger partial charge in [-0.15, -0.1) is 0 Å². The van der Waals surface area contributed by atoms with E-state index >= 15 is 0 Å². The van der Waals surface area contributed by atoms with E-state index in [0.717, 1.165) is 5.56 Å². The lowest BCUT2D eigenvalue weighted by Crippen LogP contribution is -2.27. The Morgan fingerprint density at radius 2 is 1.70 bits per heavy atom.